The molecule has 0 aromatic heterocycles. The molecule has 0 bridgehead atoms. The second-order valence-electron chi connectivity index (χ2n) is 12.0. The van der Waals surface area contributed by atoms with Crippen LogP contribution in [0.4, 0.5) is 11.4 Å². The molecule has 4 aliphatic rings. The number of phenolic OH excluding ortho intramolecular Hbond substituents is 1. The number of anilines is 2. The van der Waals surface area contributed by atoms with Crippen LogP contribution in [0, 0.1) is 32.7 Å². The zero-order valence-electron chi connectivity index (χ0n) is 23.9. The number of ether oxygens (including phenoxy) is 1. The lowest BCUT2D eigenvalue weighted by Gasteiger charge is -2.49. The highest BCUT2D eigenvalue weighted by Gasteiger charge is 2.67. The van der Waals surface area contributed by atoms with Gasteiger partial charge in [0, 0.05) is 10.9 Å². The molecule has 6 unspecified atom stereocenters. The zero-order chi connectivity index (χ0) is 31.1. The van der Waals surface area contributed by atoms with Crippen molar-refractivity contribution >= 4 is 69.2 Å². The Balaban J connectivity index is 1.39. The van der Waals surface area contributed by atoms with Crippen LogP contribution in [-0.2, 0) is 19.2 Å². The summed E-state index contributed by atoms with van der Waals surface area (Å²) in [6.45, 7) is 1.84. The molecule has 0 spiro atoms. The van der Waals surface area contributed by atoms with E-state index in [0.29, 0.717) is 32.0 Å². The van der Waals surface area contributed by atoms with Crippen LogP contribution in [0.5, 0.6) is 11.5 Å². The largest absolute Gasteiger partial charge is 0.504 e. The van der Waals surface area contributed by atoms with Gasteiger partial charge in [-0.1, -0.05) is 41.4 Å². The number of hydrogen-bond donors (Lipinski definition) is 1. The van der Waals surface area contributed by atoms with Gasteiger partial charge in [0.25, 0.3) is 0 Å². The summed E-state index contributed by atoms with van der Waals surface area (Å²) in [7, 11) is 1.46. The van der Waals surface area contributed by atoms with E-state index in [4.69, 9.17) is 16.3 Å². The Kier molecular flexibility index (Phi) is 6.89. The van der Waals surface area contributed by atoms with Crippen molar-refractivity contribution in [3.8, 4) is 11.5 Å². The van der Waals surface area contributed by atoms with Crippen molar-refractivity contribution < 1.29 is 29.0 Å². The van der Waals surface area contributed by atoms with E-state index in [9.17, 15) is 24.3 Å². The van der Waals surface area contributed by atoms with Gasteiger partial charge < -0.3 is 9.84 Å². The Morgan fingerprint density at radius 3 is 2.27 bits per heavy atom. The number of carbonyl (C=O) groups is 4. The summed E-state index contributed by atoms with van der Waals surface area (Å²) in [5.74, 6) is -4.04. The van der Waals surface area contributed by atoms with Gasteiger partial charge in [0.15, 0.2) is 11.5 Å². The monoisotopic (exact) mass is 722 g/mol. The Morgan fingerprint density at radius 1 is 0.909 bits per heavy atom. The van der Waals surface area contributed by atoms with Crippen LogP contribution in [0.25, 0.3) is 0 Å². The van der Waals surface area contributed by atoms with Crippen LogP contribution >= 0.6 is 34.2 Å². The molecule has 3 aromatic rings. The number of imide groups is 2. The lowest BCUT2D eigenvalue weighted by molar-refractivity contribution is -0.131. The molecule has 224 valence electrons. The average molecular weight is 723 g/mol. The van der Waals surface area contributed by atoms with Crippen molar-refractivity contribution in [1.82, 2.24) is 0 Å². The van der Waals surface area contributed by atoms with Crippen molar-refractivity contribution in [2.45, 2.75) is 25.7 Å². The maximum Gasteiger partial charge on any atom is 0.241 e. The summed E-state index contributed by atoms with van der Waals surface area (Å²) in [4.78, 5) is 59.2. The third kappa shape index (κ3) is 4.01. The van der Waals surface area contributed by atoms with Crippen LogP contribution in [0.1, 0.15) is 31.2 Å². The molecule has 2 aliphatic carbocycles. The molecule has 7 rings (SSSR count). The van der Waals surface area contributed by atoms with Crippen molar-refractivity contribution in [3.05, 3.63) is 92.5 Å². The number of para-hydroxylation sites is 1. The Morgan fingerprint density at radius 2 is 1.59 bits per heavy atom. The predicted octanol–water partition coefficient (Wildman–Crippen LogP) is 6.09. The van der Waals surface area contributed by atoms with E-state index >= 15 is 0 Å². The number of rotatable bonds is 4. The minimum Gasteiger partial charge on any atom is -0.504 e. The molecule has 2 aliphatic heterocycles. The van der Waals surface area contributed by atoms with Crippen LogP contribution < -0.4 is 14.5 Å². The highest BCUT2D eigenvalue weighted by Crippen LogP contribution is 2.64. The first-order valence-electron chi connectivity index (χ1n) is 14.4. The minimum atomic E-state index is -1.19. The Hall–Kier alpha value is -3.70. The molecule has 2 saturated heterocycles. The predicted molar refractivity (Wildman–Crippen MR) is 172 cm³/mol. The summed E-state index contributed by atoms with van der Waals surface area (Å²) in [6, 6.07) is 19.0. The maximum absolute atomic E-state index is 14.5. The number of fused-ring (bicyclic) bond motifs is 4. The van der Waals surface area contributed by atoms with E-state index in [1.165, 1.54) is 16.9 Å². The molecule has 6 atom stereocenters. The van der Waals surface area contributed by atoms with Gasteiger partial charge in [-0.3, -0.25) is 24.1 Å². The number of halogens is 2. The van der Waals surface area contributed by atoms with Gasteiger partial charge in [0.05, 0.1) is 45.2 Å². The van der Waals surface area contributed by atoms with E-state index in [1.807, 2.05) is 47.7 Å². The quantitative estimate of drug-likeness (QED) is 0.199. The summed E-state index contributed by atoms with van der Waals surface area (Å²) in [5, 5.41) is 11.2. The van der Waals surface area contributed by atoms with Crippen molar-refractivity contribution in [2.75, 3.05) is 16.9 Å². The molecule has 1 N–H and O–H groups in total. The normalized spacial score (nSPS) is 29.4. The second kappa shape index (κ2) is 10.4. The number of benzene rings is 3. The molecule has 1 saturated carbocycles. The van der Waals surface area contributed by atoms with E-state index in [0.717, 1.165) is 5.57 Å². The van der Waals surface area contributed by atoms with Crippen LogP contribution in [-0.4, -0.2) is 35.8 Å². The number of carbonyl (C=O) groups excluding carboxylic acids is 4. The van der Waals surface area contributed by atoms with E-state index in [1.54, 1.807) is 54.6 Å². The number of nitrogens with zero attached hydrogens (tertiary/aromatic N) is 2. The lowest BCUT2D eigenvalue weighted by atomic mass is 9.51. The van der Waals surface area contributed by atoms with Gasteiger partial charge in [-0.25, -0.2) is 4.90 Å². The fraction of sp³-hybridized carbons (Fsp3) is 0.294. The number of allylic oxidation sites excluding steroid dienone is 2. The van der Waals surface area contributed by atoms with Crippen molar-refractivity contribution in [2.24, 2.45) is 29.1 Å². The minimum absolute atomic E-state index is 0.0153. The third-order valence-electron chi connectivity index (χ3n) is 9.98. The maximum atomic E-state index is 14.5. The van der Waals surface area contributed by atoms with Crippen LogP contribution in [0.15, 0.2) is 78.4 Å². The van der Waals surface area contributed by atoms with E-state index in [2.05, 4.69) is 0 Å². The van der Waals surface area contributed by atoms with Gasteiger partial charge in [-0.05, 0) is 102 Å². The zero-order valence-corrected chi connectivity index (χ0v) is 26.8. The van der Waals surface area contributed by atoms with Gasteiger partial charge in [0.1, 0.15) is 0 Å². The molecule has 10 heteroatoms. The first-order chi connectivity index (χ1) is 21.1. The number of methoxy groups -OCH3 is 1. The molecule has 3 aromatic carbocycles. The fourth-order valence-corrected chi connectivity index (χ4v) is 8.73. The molecule has 0 radical (unpaired) electrons. The number of hydrogen-bond acceptors (Lipinski definition) is 6. The summed E-state index contributed by atoms with van der Waals surface area (Å²) in [6.07, 6.45) is 2.59. The number of aromatic hydroxyl groups is 1. The summed E-state index contributed by atoms with van der Waals surface area (Å²) in [5.41, 5.74) is 1.33. The topological polar surface area (TPSA) is 104 Å². The van der Waals surface area contributed by atoms with E-state index in [-0.39, 0.29) is 41.5 Å². The highest BCUT2D eigenvalue weighted by molar-refractivity contribution is 14.1. The van der Waals surface area contributed by atoms with Gasteiger partial charge in [-0.2, -0.15) is 0 Å². The summed E-state index contributed by atoms with van der Waals surface area (Å²) < 4.78 is 6.03. The smallest absolute Gasteiger partial charge is 0.241 e. The van der Waals surface area contributed by atoms with E-state index < -0.39 is 35.0 Å². The first kappa shape index (κ1) is 29.0. The number of phenols is 1. The average Bonchev–Trinajstić information content (AvgIpc) is 3.39. The van der Waals surface area contributed by atoms with Gasteiger partial charge >= 0.3 is 0 Å². The third-order valence-corrected chi connectivity index (χ3v) is 11.1. The molecule has 3 fully saturated rings. The van der Waals surface area contributed by atoms with Crippen LogP contribution in [0.3, 0.4) is 0 Å². The second-order valence-corrected chi connectivity index (χ2v) is 13.6. The molecule has 44 heavy (non-hydrogen) atoms. The Bertz CT molecular complexity index is 1780. The Labute approximate surface area is 272 Å². The fourth-order valence-electron chi connectivity index (χ4n) is 7.98. The van der Waals surface area contributed by atoms with Crippen molar-refractivity contribution in [1.29, 1.82) is 0 Å². The molecule has 8 nitrogen and oxygen atoms in total. The molecule has 4 amide bonds. The lowest BCUT2D eigenvalue weighted by Crippen LogP contribution is -2.48. The SMILES string of the molecule is COc1cc(C2C3=CCC4C(=O)N(c5ccc(Cl)cc5)C(=O)C4C3CC3C(=O)N(c4ccccc4)C(=O)C32C)cc(I)c1O. The molecule has 2 heterocycles. The van der Waals surface area contributed by atoms with Crippen molar-refractivity contribution in [3.63, 3.8) is 0 Å². The van der Waals surface area contributed by atoms with Crippen LogP contribution in [0.2, 0.25) is 5.02 Å². The van der Waals surface area contributed by atoms with Gasteiger partial charge in [0.2, 0.25) is 23.6 Å². The summed E-state index contributed by atoms with van der Waals surface area (Å²) >= 11 is 8.11. The number of amides is 4. The molecular weight excluding hydrogens is 695 g/mol. The first-order valence-corrected chi connectivity index (χ1v) is 15.9. The van der Waals surface area contributed by atoms with Gasteiger partial charge in [-0.15, -0.1) is 0 Å². The molecular formula is C34H28ClIN2O6. The standard InChI is InChI=1S/C34H28ClIN2O6/c1-34-24(31(41)38(33(34)43)19-6-4-3-5-7-19)16-23-21(28(34)17-14-25(36)29(39)26(15-17)44-2)12-13-22-27(23)32(42)37(30(22)40)20-10-8-18(35)9-11-20/h3-12,14-15,22-24,27-28,39H,13,16H2,1-2H3. The highest BCUT2D eigenvalue weighted by atomic mass is 127.